The highest BCUT2D eigenvalue weighted by Gasteiger charge is 2.32. The Balaban J connectivity index is 3.08. The molecular formula is C23H40N6O5. The van der Waals surface area contributed by atoms with Crippen molar-refractivity contribution in [2.45, 2.75) is 85.0 Å². The van der Waals surface area contributed by atoms with E-state index in [0.29, 0.717) is 18.5 Å². The molecule has 1 heterocycles. The van der Waals surface area contributed by atoms with Gasteiger partial charge in [0.25, 0.3) is 0 Å². The van der Waals surface area contributed by atoms with E-state index in [9.17, 15) is 24.3 Å². The van der Waals surface area contributed by atoms with Crippen LogP contribution in [0.1, 0.15) is 60.1 Å². The molecule has 11 heteroatoms. The average molecular weight is 481 g/mol. The molecule has 0 aliphatic rings. The van der Waals surface area contributed by atoms with Crippen LogP contribution >= 0.6 is 0 Å². The minimum absolute atomic E-state index is 0.0398. The van der Waals surface area contributed by atoms with E-state index in [4.69, 9.17) is 5.73 Å². The Bertz CT molecular complexity index is 811. The van der Waals surface area contributed by atoms with Gasteiger partial charge in [-0.25, -0.2) is 9.78 Å². The summed E-state index contributed by atoms with van der Waals surface area (Å²) in [6.07, 6.45) is 3.97. The van der Waals surface area contributed by atoms with Crippen LogP contribution in [-0.4, -0.2) is 62.9 Å². The van der Waals surface area contributed by atoms with Crippen molar-refractivity contribution in [2.75, 3.05) is 0 Å². The molecule has 3 amide bonds. The molecule has 192 valence electrons. The number of aliphatic carboxylic acids is 1. The van der Waals surface area contributed by atoms with Crippen molar-refractivity contribution in [3.05, 3.63) is 18.2 Å². The average Bonchev–Trinajstić information content (AvgIpc) is 3.27. The van der Waals surface area contributed by atoms with E-state index < -0.39 is 47.9 Å². The van der Waals surface area contributed by atoms with Crippen molar-refractivity contribution >= 4 is 23.7 Å². The van der Waals surface area contributed by atoms with Gasteiger partial charge >= 0.3 is 5.97 Å². The maximum atomic E-state index is 13.2. The molecule has 0 aliphatic heterocycles. The number of H-pyrrole nitrogens is 1. The number of rotatable bonds is 14. The third-order valence-corrected chi connectivity index (χ3v) is 5.75. The van der Waals surface area contributed by atoms with Crippen LogP contribution in [-0.2, 0) is 25.6 Å². The second-order valence-corrected chi connectivity index (χ2v) is 9.51. The molecule has 1 aromatic heterocycles. The number of hydrogen-bond donors (Lipinski definition) is 6. The topological polar surface area (TPSA) is 179 Å². The molecule has 0 aromatic carbocycles. The minimum Gasteiger partial charge on any atom is -0.480 e. The molecule has 7 N–H and O–H groups in total. The molecule has 1 aromatic rings. The molecule has 0 spiro atoms. The van der Waals surface area contributed by atoms with Crippen molar-refractivity contribution in [1.82, 2.24) is 25.9 Å². The van der Waals surface area contributed by atoms with Crippen LogP contribution in [0, 0.1) is 17.8 Å². The Labute approximate surface area is 201 Å². The van der Waals surface area contributed by atoms with E-state index in [1.807, 2.05) is 20.8 Å². The first-order valence-corrected chi connectivity index (χ1v) is 11.7. The number of aromatic nitrogens is 2. The lowest BCUT2D eigenvalue weighted by Gasteiger charge is -2.27. The molecular weight excluding hydrogens is 440 g/mol. The van der Waals surface area contributed by atoms with Crippen LogP contribution in [0.15, 0.2) is 12.5 Å². The second kappa shape index (κ2) is 13.7. The quantitative estimate of drug-likeness (QED) is 0.225. The zero-order valence-electron chi connectivity index (χ0n) is 20.9. The van der Waals surface area contributed by atoms with E-state index in [1.165, 1.54) is 12.5 Å². The summed E-state index contributed by atoms with van der Waals surface area (Å²) in [4.78, 5) is 57.3. The highest BCUT2D eigenvalue weighted by molar-refractivity contribution is 5.94. The van der Waals surface area contributed by atoms with Crippen molar-refractivity contribution < 1.29 is 24.3 Å². The van der Waals surface area contributed by atoms with E-state index in [-0.39, 0.29) is 24.2 Å². The summed E-state index contributed by atoms with van der Waals surface area (Å²) in [6, 6.07) is -3.87. The lowest BCUT2D eigenvalue weighted by Crippen LogP contribution is -2.58. The summed E-state index contributed by atoms with van der Waals surface area (Å²) in [7, 11) is 0. The zero-order chi connectivity index (χ0) is 26.0. The first kappa shape index (κ1) is 29.1. The molecule has 0 saturated heterocycles. The van der Waals surface area contributed by atoms with Gasteiger partial charge in [-0.05, 0) is 24.2 Å². The Hall–Kier alpha value is -2.95. The second-order valence-electron chi connectivity index (χ2n) is 9.51. The summed E-state index contributed by atoms with van der Waals surface area (Å²) in [5, 5.41) is 17.5. The van der Waals surface area contributed by atoms with Gasteiger partial charge in [0.2, 0.25) is 17.7 Å². The fourth-order valence-electron chi connectivity index (χ4n) is 3.31. The third kappa shape index (κ3) is 9.12. The molecule has 0 aliphatic carbocycles. The molecule has 11 nitrogen and oxygen atoms in total. The largest absolute Gasteiger partial charge is 0.480 e. The smallest absolute Gasteiger partial charge is 0.326 e. The van der Waals surface area contributed by atoms with Gasteiger partial charge in [0.15, 0.2) is 0 Å². The number of amides is 3. The molecule has 5 atom stereocenters. The molecule has 1 rings (SSSR count). The molecule has 0 fully saturated rings. The van der Waals surface area contributed by atoms with Crippen molar-refractivity contribution in [1.29, 1.82) is 0 Å². The van der Waals surface area contributed by atoms with Crippen LogP contribution in [0.25, 0.3) is 0 Å². The number of nitrogens with zero attached hydrogens (tertiary/aromatic N) is 1. The van der Waals surface area contributed by atoms with Crippen LogP contribution in [0.5, 0.6) is 0 Å². The summed E-state index contributed by atoms with van der Waals surface area (Å²) in [5.74, 6) is -3.16. The number of imidazole rings is 1. The predicted molar refractivity (Wildman–Crippen MR) is 127 cm³/mol. The molecule has 5 unspecified atom stereocenters. The third-order valence-electron chi connectivity index (χ3n) is 5.75. The first-order valence-electron chi connectivity index (χ1n) is 11.7. The maximum Gasteiger partial charge on any atom is 0.326 e. The first-order chi connectivity index (χ1) is 15.9. The number of aromatic amines is 1. The minimum atomic E-state index is -1.13. The van der Waals surface area contributed by atoms with Crippen LogP contribution in [0.2, 0.25) is 0 Å². The van der Waals surface area contributed by atoms with E-state index in [0.717, 1.165) is 0 Å². The maximum absolute atomic E-state index is 13.2. The van der Waals surface area contributed by atoms with Gasteiger partial charge in [-0.2, -0.15) is 0 Å². The van der Waals surface area contributed by atoms with Crippen molar-refractivity contribution in [2.24, 2.45) is 23.5 Å². The van der Waals surface area contributed by atoms with E-state index in [2.05, 4.69) is 25.9 Å². The fraction of sp³-hybridized carbons (Fsp3) is 0.696. The lowest BCUT2D eigenvalue weighted by atomic mass is 9.97. The number of carboxylic acid groups (broad SMARTS) is 1. The van der Waals surface area contributed by atoms with Gasteiger partial charge in [-0.15, -0.1) is 0 Å². The molecule has 0 bridgehead atoms. The van der Waals surface area contributed by atoms with Gasteiger partial charge < -0.3 is 31.8 Å². The van der Waals surface area contributed by atoms with Crippen molar-refractivity contribution in [3.63, 3.8) is 0 Å². The molecule has 0 saturated carbocycles. The molecule has 0 radical (unpaired) electrons. The Morgan fingerprint density at radius 2 is 1.59 bits per heavy atom. The Morgan fingerprint density at radius 3 is 2.06 bits per heavy atom. The van der Waals surface area contributed by atoms with Crippen molar-refractivity contribution in [3.8, 4) is 0 Å². The summed E-state index contributed by atoms with van der Waals surface area (Å²) in [5.41, 5.74) is 6.55. The number of nitrogens with two attached hydrogens (primary N) is 1. The number of carboxylic acids is 1. The van der Waals surface area contributed by atoms with Gasteiger partial charge in [-0.3, -0.25) is 14.4 Å². The SMILES string of the molecule is CCC(C)C(NC(=O)C(CC(C)C)NC(=O)C(Cc1cnc[nH]1)NC(=O)C(N)C(C)C)C(=O)O. The number of nitrogens with one attached hydrogen (secondary N) is 4. The van der Waals surface area contributed by atoms with Crippen LogP contribution in [0.4, 0.5) is 0 Å². The highest BCUT2D eigenvalue weighted by atomic mass is 16.4. The number of hydrogen-bond acceptors (Lipinski definition) is 6. The normalized spacial score (nSPS) is 15.8. The Kier molecular flexibility index (Phi) is 11.7. The van der Waals surface area contributed by atoms with Gasteiger partial charge in [0, 0.05) is 18.3 Å². The number of carbonyl (C=O) groups is 4. The van der Waals surface area contributed by atoms with Crippen LogP contribution < -0.4 is 21.7 Å². The van der Waals surface area contributed by atoms with E-state index >= 15 is 0 Å². The van der Waals surface area contributed by atoms with E-state index in [1.54, 1.807) is 20.8 Å². The Morgan fingerprint density at radius 1 is 1.00 bits per heavy atom. The summed E-state index contributed by atoms with van der Waals surface area (Å²) < 4.78 is 0. The highest BCUT2D eigenvalue weighted by Crippen LogP contribution is 2.11. The zero-order valence-corrected chi connectivity index (χ0v) is 20.9. The summed E-state index contributed by atoms with van der Waals surface area (Å²) >= 11 is 0. The predicted octanol–water partition coefficient (Wildman–Crippen LogP) is 0.567. The fourth-order valence-corrected chi connectivity index (χ4v) is 3.31. The monoisotopic (exact) mass is 480 g/mol. The van der Waals surface area contributed by atoms with Gasteiger partial charge in [-0.1, -0.05) is 48.0 Å². The van der Waals surface area contributed by atoms with Gasteiger partial charge in [0.05, 0.1) is 12.4 Å². The van der Waals surface area contributed by atoms with Gasteiger partial charge in [0.1, 0.15) is 18.1 Å². The number of carbonyl (C=O) groups excluding carboxylic acids is 3. The lowest BCUT2D eigenvalue weighted by molar-refractivity contribution is -0.144. The summed E-state index contributed by atoms with van der Waals surface area (Å²) in [6.45, 7) is 11.0. The molecule has 34 heavy (non-hydrogen) atoms. The van der Waals surface area contributed by atoms with Crippen LogP contribution in [0.3, 0.4) is 0 Å². The standard InChI is InChI=1S/C23H40N6O5/c1-7-14(6)19(23(33)34)29-21(31)16(8-12(2)3)27-20(30)17(9-15-10-25-11-26-15)28-22(32)18(24)13(4)5/h10-14,16-19H,7-9,24H2,1-6H3,(H,25,26)(H,27,30)(H,28,32)(H,29,31)(H,33,34).